The predicted molar refractivity (Wildman–Crippen MR) is 69.8 cm³/mol. The van der Waals surface area contributed by atoms with Crippen molar-refractivity contribution < 1.29 is 4.21 Å². The van der Waals surface area contributed by atoms with Gasteiger partial charge in [0.05, 0.1) is 14.6 Å². The minimum atomic E-state index is -2.39. The van der Waals surface area contributed by atoms with Crippen LogP contribution in [0, 0.1) is 5.41 Å². The Morgan fingerprint density at radius 3 is 2.19 bits per heavy atom. The molecule has 0 heterocycles. The van der Waals surface area contributed by atoms with Crippen LogP contribution in [-0.4, -0.2) is 11.3 Å². The topological polar surface area (TPSA) is 29.4 Å². The van der Waals surface area contributed by atoms with Crippen molar-refractivity contribution in [2.45, 2.75) is 25.7 Å². The lowest BCUT2D eigenvalue weighted by Gasteiger charge is -2.12. The number of hydrogen-bond acceptors (Lipinski definition) is 2. The summed E-state index contributed by atoms with van der Waals surface area (Å²) >= 11 is 0. The highest BCUT2D eigenvalue weighted by molar-refractivity contribution is 7.96. The zero-order valence-electron chi connectivity index (χ0n) is 10.3. The second kappa shape index (κ2) is 4.83. The van der Waals surface area contributed by atoms with Gasteiger partial charge >= 0.3 is 0 Å². The SMILES string of the molecule is CN=S(=O)(C=CC(C)(C)C)c1ccccc1. The molecule has 0 saturated heterocycles. The van der Waals surface area contributed by atoms with E-state index in [2.05, 4.69) is 25.1 Å². The molecule has 1 unspecified atom stereocenters. The minimum Gasteiger partial charge on any atom is -0.240 e. The molecule has 0 amide bonds. The lowest BCUT2D eigenvalue weighted by Crippen LogP contribution is -2.02. The van der Waals surface area contributed by atoms with Crippen LogP contribution in [0.3, 0.4) is 0 Å². The molecular formula is C13H19NOS. The molecule has 2 nitrogen and oxygen atoms in total. The van der Waals surface area contributed by atoms with Crippen molar-refractivity contribution in [3.63, 3.8) is 0 Å². The van der Waals surface area contributed by atoms with Gasteiger partial charge < -0.3 is 0 Å². The number of allylic oxidation sites excluding steroid dienone is 1. The first-order valence-corrected chi connectivity index (χ1v) is 6.85. The van der Waals surface area contributed by atoms with E-state index in [0.29, 0.717) is 0 Å². The molecule has 0 saturated carbocycles. The fraction of sp³-hybridized carbons (Fsp3) is 0.385. The number of hydrogen-bond donors (Lipinski definition) is 0. The predicted octanol–water partition coefficient (Wildman–Crippen LogP) is 3.70. The van der Waals surface area contributed by atoms with Gasteiger partial charge in [0.25, 0.3) is 0 Å². The summed E-state index contributed by atoms with van der Waals surface area (Å²) in [5, 5.41) is 1.72. The van der Waals surface area contributed by atoms with Crippen molar-refractivity contribution in [2.75, 3.05) is 7.05 Å². The van der Waals surface area contributed by atoms with Gasteiger partial charge in [-0.25, -0.2) is 8.57 Å². The Morgan fingerprint density at radius 2 is 1.75 bits per heavy atom. The molecule has 0 aliphatic rings. The Balaban J connectivity index is 3.17. The van der Waals surface area contributed by atoms with Crippen molar-refractivity contribution in [2.24, 2.45) is 9.78 Å². The van der Waals surface area contributed by atoms with E-state index in [4.69, 9.17) is 0 Å². The average Bonchev–Trinajstić information content (AvgIpc) is 2.26. The molecule has 0 spiro atoms. The van der Waals surface area contributed by atoms with Crippen LogP contribution in [0.4, 0.5) is 0 Å². The average molecular weight is 237 g/mol. The van der Waals surface area contributed by atoms with Crippen molar-refractivity contribution in [1.82, 2.24) is 0 Å². The molecule has 0 fully saturated rings. The maximum atomic E-state index is 12.5. The van der Waals surface area contributed by atoms with E-state index in [9.17, 15) is 4.21 Å². The van der Waals surface area contributed by atoms with E-state index in [1.165, 1.54) is 0 Å². The quantitative estimate of drug-likeness (QED) is 0.771. The van der Waals surface area contributed by atoms with E-state index in [1.54, 1.807) is 12.5 Å². The molecule has 1 aromatic carbocycles. The molecule has 0 aliphatic heterocycles. The normalized spacial score (nSPS) is 16.0. The maximum Gasteiger partial charge on any atom is 0.0963 e. The highest BCUT2D eigenvalue weighted by Crippen LogP contribution is 2.20. The monoisotopic (exact) mass is 237 g/mol. The number of nitrogens with zero attached hydrogens (tertiary/aromatic N) is 1. The van der Waals surface area contributed by atoms with E-state index >= 15 is 0 Å². The fourth-order valence-electron chi connectivity index (χ4n) is 1.16. The Morgan fingerprint density at radius 1 is 1.19 bits per heavy atom. The first-order chi connectivity index (χ1) is 7.37. The van der Waals surface area contributed by atoms with Crippen molar-refractivity contribution in [1.29, 1.82) is 0 Å². The molecule has 1 aromatic rings. The highest BCUT2D eigenvalue weighted by atomic mass is 32.2. The second-order valence-electron chi connectivity index (χ2n) is 4.73. The zero-order chi connectivity index (χ0) is 12.2. The van der Waals surface area contributed by atoms with Gasteiger partial charge in [0.1, 0.15) is 0 Å². The van der Waals surface area contributed by atoms with Crippen LogP contribution in [-0.2, 0) is 9.73 Å². The first-order valence-electron chi connectivity index (χ1n) is 5.27. The molecule has 0 aromatic heterocycles. The van der Waals surface area contributed by atoms with Crippen molar-refractivity contribution >= 4 is 9.73 Å². The van der Waals surface area contributed by atoms with Gasteiger partial charge in [-0.05, 0) is 17.5 Å². The summed E-state index contributed by atoms with van der Waals surface area (Å²) in [6, 6.07) is 9.37. The molecule has 1 atom stereocenters. The van der Waals surface area contributed by atoms with Gasteiger partial charge in [0, 0.05) is 12.5 Å². The molecule has 0 radical (unpaired) electrons. The van der Waals surface area contributed by atoms with Gasteiger partial charge in [-0.3, -0.25) is 0 Å². The van der Waals surface area contributed by atoms with Crippen molar-refractivity contribution in [3.8, 4) is 0 Å². The van der Waals surface area contributed by atoms with Crippen LogP contribution in [0.5, 0.6) is 0 Å². The third kappa shape index (κ3) is 3.49. The van der Waals surface area contributed by atoms with Gasteiger partial charge in [0.15, 0.2) is 0 Å². The number of rotatable bonds is 2. The molecule has 1 rings (SSSR count). The lowest BCUT2D eigenvalue weighted by atomic mass is 9.98. The van der Waals surface area contributed by atoms with Crippen LogP contribution in [0.2, 0.25) is 0 Å². The Labute approximate surface area is 98.6 Å². The summed E-state index contributed by atoms with van der Waals surface area (Å²) in [6.45, 7) is 6.22. The Bertz CT molecular complexity index is 474. The molecule has 0 bridgehead atoms. The summed E-state index contributed by atoms with van der Waals surface area (Å²) < 4.78 is 16.6. The smallest absolute Gasteiger partial charge is 0.0963 e. The number of benzene rings is 1. The van der Waals surface area contributed by atoms with Crippen LogP contribution in [0.15, 0.2) is 51.1 Å². The van der Waals surface area contributed by atoms with E-state index < -0.39 is 9.73 Å². The Hall–Kier alpha value is -1.09. The molecule has 0 N–H and O–H groups in total. The second-order valence-corrected chi connectivity index (χ2v) is 6.98. The van der Waals surface area contributed by atoms with Crippen molar-refractivity contribution in [3.05, 3.63) is 41.8 Å². The molecule has 3 heteroatoms. The lowest BCUT2D eigenvalue weighted by molar-refractivity contribution is 0.544. The van der Waals surface area contributed by atoms with Gasteiger partial charge in [0.2, 0.25) is 0 Å². The summed E-state index contributed by atoms with van der Waals surface area (Å²) in [4.78, 5) is 0.762. The third-order valence-electron chi connectivity index (χ3n) is 2.10. The van der Waals surface area contributed by atoms with Gasteiger partial charge in [-0.1, -0.05) is 45.0 Å². The van der Waals surface area contributed by atoms with E-state index in [0.717, 1.165) is 4.90 Å². The third-order valence-corrected chi connectivity index (χ3v) is 4.10. The van der Waals surface area contributed by atoms with Crippen LogP contribution >= 0.6 is 0 Å². The maximum absolute atomic E-state index is 12.5. The molecule has 88 valence electrons. The zero-order valence-corrected chi connectivity index (χ0v) is 11.1. The minimum absolute atomic E-state index is 0.0160. The summed E-state index contributed by atoms with van der Waals surface area (Å²) in [5.41, 5.74) is 0.0160. The summed E-state index contributed by atoms with van der Waals surface area (Å²) in [5.74, 6) is 0. The van der Waals surface area contributed by atoms with Gasteiger partial charge in [-0.2, -0.15) is 0 Å². The summed E-state index contributed by atoms with van der Waals surface area (Å²) in [7, 11) is -0.795. The molecule has 0 aliphatic carbocycles. The highest BCUT2D eigenvalue weighted by Gasteiger charge is 2.10. The fourth-order valence-corrected chi connectivity index (χ4v) is 2.79. The standard InChI is InChI=1S/C13H19NOS/c1-13(2,3)10-11-16(15,14-4)12-8-6-5-7-9-12/h5-11H,1-4H3. The van der Waals surface area contributed by atoms with Crippen LogP contribution in [0.25, 0.3) is 0 Å². The Kier molecular flexibility index (Phi) is 3.92. The van der Waals surface area contributed by atoms with Crippen LogP contribution in [0.1, 0.15) is 20.8 Å². The molecular weight excluding hydrogens is 218 g/mol. The van der Waals surface area contributed by atoms with Gasteiger partial charge in [-0.15, -0.1) is 0 Å². The van der Waals surface area contributed by atoms with E-state index in [-0.39, 0.29) is 5.41 Å². The first kappa shape index (κ1) is 13.0. The van der Waals surface area contributed by atoms with Crippen LogP contribution < -0.4 is 0 Å². The molecule has 16 heavy (non-hydrogen) atoms. The van der Waals surface area contributed by atoms with E-state index in [1.807, 2.05) is 36.4 Å². The summed E-state index contributed by atoms with van der Waals surface area (Å²) in [6.07, 6.45) is 1.95. The largest absolute Gasteiger partial charge is 0.240 e.